The fraction of sp³-hybridized carbons (Fsp3) is 0.208. The summed E-state index contributed by atoms with van der Waals surface area (Å²) in [5.41, 5.74) is 7.31. The van der Waals surface area contributed by atoms with Crippen LogP contribution >= 0.6 is 9.39 Å². The van der Waals surface area contributed by atoms with Gasteiger partial charge in [0.15, 0.2) is 0 Å². The standard InChI is InChI=1S/C24H26N5O2P/c25-22(17-6-8-19(9-7-17)31-18-4-2-1-3-5-18)21(23(26)30)24-27-13-10-20(28-24)16-11-14-29(32)15-12-16/h1-10,13,16,25,28H,11-12,14-15,32H2,(H2,26,30)/b24-21+,25-22?. The predicted molar refractivity (Wildman–Crippen MR) is 130 cm³/mol. The maximum atomic E-state index is 12.3. The lowest BCUT2D eigenvalue weighted by Gasteiger charge is -2.31. The minimum absolute atomic E-state index is 0.0180. The van der Waals surface area contributed by atoms with Gasteiger partial charge in [0, 0.05) is 36.5 Å². The topological polar surface area (TPSA) is 104 Å². The van der Waals surface area contributed by atoms with Crippen LogP contribution in [0.2, 0.25) is 0 Å². The van der Waals surface area contributed by atoms with Gasteiger partial charge in [-0.2, -0.15) is 0 Å². The third kappa shape index (κ3) is 5.13. The van der Waals surface area contributed by atoms with Crippen molar-refractivity contribution in [1.82, 2.24) is 9.99 Å². The Morgan fingerprint density at radius 1 is 1.09 bits per heavy atom. The molecule has 2 aromatic carbocycles. The van der Waals surface area contributed by atoms with Crippen molar-refractivity contribution < 1.29 is 9.53 Å². The maximum Gasteiger partial charge on any atom is 0.254 e. The number of ether oxygens (including phenoxy) is 1. The number of piperidine rings is 1. The zero-order chi connectivity index (χ0) is 22.5. The molecule has 1 amide bonds. The molecule has 2 aliphatic heterocycles. The first-order valence-electron chi connectivity index (χ1n) is 10.5. The number of nitrogens with one attached hydrogen (secondary N) is 2. The van der Waals surface area contributed by atoms with E-state index < -0.39 is 5.91 Å². The van der Waals surface area contributed by atoms with E-state index in [1.165, 1.54) is 0 Å². The van der Waals surface area contributed by atoms with Gasteiger partial charge in [-0.25, -0.2) is 4.99 Å². The van der Waals surface area contributed by atoms with Crippen LogP contribution < -0.4 is 15.8 Å². The second-order valence-electron chi connectivity index (χ2n) is 7.74. The lowest BCUT2D eigenvalue weighted by Crippen LogP contribution is -2.33. The number of para-hydroxylation sites is 1. The molecule has 164 valence electrons. The molecule has 0 bridgehead atoms. The Labute approximate surface area is 189 Å². The van der Waals surface area contributed by atoms with Gasteiger partial charge in [-0.3, -0.25) is 14.9 Å². The number of carbonyl (C=O) groups excluding carboxylic acids is 1. The minimum atomic E-state index is -0.694. The fourth-order valence-electron chi connectivity index (χ4n) is 3.80. The molecule has 4 N–H and O–H groups in total. The number of aliphatic imine (C=N–C) groups is 1. The Hall–Kier alpha value is -3.28. The van der Waals surface area contributed by atoms with Crippen molar-refractivity contribution in [2.75, 3.05) is 13.1 Å². The number of allylic oxidation sites excluding steroid dienone is 2. The van der Waals surface area contributed by atoms with Crippen LogP contribution in [-0.4, -0.2) is 35.6 Å². The summed E-state index contributed by atoms with van der Waals surface area (Å²) in [6.07, 6.45) is 5.62. The summed E-state index contributed by atoms with van der Waals surface area (Å²) in [5, 5.41) is 11.9. The number of carbonyl (C=O) groups is 1. The molecular weight excluding hydrogens is 421 g/mol. The molecule has 1 unspecified atom stereocenters. The van der Waals surface area contributed by atoms with Gasteiger partial charge in [0.1, 0.15) is 22.9 Å². The van der Waals surface area contributed by atoms with Crippen molar-refractivity contribution in [3.63, 3.8) is 0 Å². The summed E-state index contributed by atoms with van der Waals surface area (Å²) >= 11 is 0. The molecule has 0 saturated carbocycles. The molecule has 1 saturated heterocycles. The summed E-state index contributed by atoms with van der Waals surface area (Å²) in [6.45, 7) is 1.97. The molecule has 2 aromatic rings. The van der Waals surface area contributed by atoms with Crippen LogP contribution in [0.15, 0.2) is 82.8 Å². The van der Waals surface area contributed by atoms with Gasteiger partial charge in [-0.05, 0) is 55.3 Å². The number of amides is 1. The summed E-state index contributed by atoms with van der Waals surface area (Å²) in [7, 11) is 2.74. The minimum Gasteiger partial charge on any atom is -0.457 e. The van der Waals surface area contributed by atoms with E-state index in [4.69, 9.17) is 15.9 Å². The quantitative estimate of drug-likeness (QED) is 0.358. The Morgan fingerprint density at radius 3 is 2.41 bits per heavy atom. The van der Waals surface area contributed by atoms with Gasteiger partial charge in [-0.15, -0.1) is 0 Å². The van der Waals surface area contributed by atoms with Crippen molar-refractivity contribution in [2.45, 2.75) is 12.8 Å². The van der Waals surface area contributed by atoms with Crippen LogP contribution in [-0.2, 0) is 4.79 Å². The Balaban J connectivity index is 1.52. The largest absolute Gasteiger partial charge is 0.457 e. The normalized spacial score (nSPS) is 18.5. The number of rotatable bonds is 6. The number of hydrogen-bond acceptors (Lipinski definition) is 6. The van der Waals surface area contributed by atoms with Gasteiger partial charge in [-0.1, -0.05) is 27.6 Å². The molecular formula is C24H26N5O2P. The highest BCUT2D eigenvalue weighted by Crippen LogP contribution is 2.28. The third-order valence-corrected chi connectivity index (χ3v) is 6.06. The zero-order valence-corrected chi connectivity index (χ0v) is 18.8. The monoisotopic (exact) mass is 447 g/mol. The third-order valence-electron chi connectivity index (χ3n) is 5.54. The van der Waals surface area contributed by atoms with E-state index in [9.17, 15) is 4.79 Å². The molecule has 0 aliphatic carbocycles. The van der Waals surface area contributed by atoms with E-state index in [2.05, 4.69) is 24.4 Å². The van der Waals surface area contributed by atoms with Crippen molar-refractivity contribution >= 4 is 27.2 Å². The van der Waals surface area contributed by atoms with Crippen LogP contribution in [0.25, 0.3) is 0 Å². The molecule has 1 fully saturated rings. The van der Waals surface area contributed by atoms with Crippen LogP contribution in [0.4, 0.5) is 0 Å². The first kappa shape index (κ1) is 21.9. The van der Waals surface area contributed by atoms with Gasteiger partial charge < -0.3 is 15.8 Å². The van der Waals surface area contributed by atoms with Gasteiger partial charge in [0.05, 0.1) is 5.71 Å². The average molecular weight is 447 g/mol. The number of primary amides is 1. The molecule has 8 heteroatoms. The molecule has 0 aromatic heterocycles. The number of nitrogens with zero attached hydrogens (tertiary/aromatic N) is 2. The Bertz CT molecular complexity index is 1090. The zero-order valence-electron chi connectivity index (χ0n) is 17.6. The van der Waals surface area contributed by atoms with Crippen molar-refractivity contribution in [3.8, 4) is 11.5 Å². The lowest BCUT2D eigenvalue weighted by atomic mass is 9.93. The predicted octanol–water partition coefficient (Wildman–Crippen LogP) is 3.60. The van der Waals surface area contributed by atoms with E-state index in [-0.39, 0.29) is 11.3 Å². The molecule has 2 aliphatic rings. The van der Waals surface area contributed by atoms with Crippen LogP contribution in [0.5, 0.6) is 11.5 Å². The SMILES string of the molecule is N=C(/C(C(N)=O)=C1/N=CC=C(C2CCN(P)CC2)N1)c1ccc(Oc2ccccc2)cc1. The average Bonchev–Trinajstić information content (AvgIpc) is 2.81. The van der Waals surface area contributed by atoms with Crippen molar-refractivity contribution in [1.29, 1.82) is 5.41 Å². The van der Waals surface area contributed by atoms with Crippen molar-refractivity contribution in [3.05, 3.63) is 83.3 Å². The first-order chi connectivity index (χ1) is 15.5. The van der Waals surface area contributed by atoms with Crippen molar-refractivity contribution in [2.24, 2.45) is 16.6 Å². The highest BCUT2D eigenvalue weighted by atomic mass is 31.0. The van der Waals surface area contributed by atoms with Crippen LogP contribution in [0.1, 0.15) is 18.4 Å². The number of hydrogen-bond donors (Lipinski definition) is 3. The molecule has 0 radical (unpaired) electrons. The molecule has 2 heterocycles. The molecule has 0 spiro atoms. The first-order valence-corrected chi connectivity index (χ1v) is 11.0. The molecule has 4 rings (SSSR count). The van der Waals surface area contributed by atoms with E-state index in [1.54, 1.807) is 30.5 Å². The van der Waals surface area contributed by atoms with Gasteiger partial charge in [0.2, 0.25) is 0 Å². The van der Waals surface area contributed by atoms with Crippen LogP contribution in [0, 0.1) is 11.3 Å². The molecule has 32 heavy (non-hydrogen) atoms. The van der Waals surface area contributed by atoms with Gasteiger partial charge in [0.25, 0.3) is 5.91 Å². The lowest BCUT2D eigenvalue weighted by molar-refractivity contribution is -0.114. The summed E-state index contributed by atoms with van der Waals surface area (Å²) in [4.78, 5) is 16.6. The van der Waals surface area contributed by atoms with Crippen LogP contribution in [0.3, 0.4) is 0 Å². The fourth-order valence-corrected chi connectivity index (χ4v) is 4.09. The highest BCUT2D eigenvalue weighted by Gasteiger charge is 2.25. The maximum absolute atomic E-state index is 12.3. The summed E-state index contributed by atoms with van der Waals surface area (Å²) in [6, 6.07) is 16.5. The van der Waals surface area contributed by atoms with E-state index >= 15 is 0 Å². The smallest absolute Gasteiger partial charge is 0.254 e. The van der Waals surface area contributed by atoms with Gasteiger partial charge >= 0.3 is 0 Å². The molecule has 7 nitrogen and oxygen atoms in total. The second kappa shape index (κ2) is 9.90. The number of nitrogens with two attached hydrogens (primary N) is 1. The highest BCUT2D eigenvalue weighted by molar-refractivity contribution is 7.13. The van der Waals surface area contributed by atoms with E-state index in [1.807, 2.05) is 36.4 Å². The number of benzene rings is 2. The molecule has 1 atom stereocenters. The Kier molecular flexibility index (Phi) is 6.78. The summed E-state index contributed by atoms with van der Waals surface area (Å²) in [5.74, 6) is 1.34. The van der Waals surface area contributed by atoms with E-state index in [0.29, 0.717) is 23.1 Å². The Morgan fingerprint density at radius 2 is 1.75 bits per heavy atom. The summed E-state index contributed by atoms with van der Waals surface area (Å²) < 4.78 is 8.03. The second-order valence-corrected chi connectivity index (χ2v) is 8.47. The van der Waals surface area contributed by atoms with E-state index in [0.717, 1.165) is 37.4 Å².